The van der Waals surface area contributed by atoms with Crippen LogP contribution in [0.15, 0.2) is 0 Å². The molecular weight excluding hydrogens is 127 g/mol. The molecule has 0 radical (unpaired) electrons. The second-order valence-electron chi connectivity index (χ2n) is 4.61. The number of hydrogen-bond donors (Lipinski definition) is 0. The Hall–Kier alpha value is 0.300. The third kappa shape index (κ3) is 8.30. The fraction of sp³-hybridized carbons (Fsp3) is 0.875. The maximum Gasteiger partial charge on any atom is -0.0199 e. The minimum atomic E-state index is -0.662. The summed E-state index contributed by atoms with van der Waals surface area (Å²) in [6.45, 7) is 13.2. The van der Waals surface area contributed by atoms with Gasteiger partial charge in [0.25, 0.3) is 0 Å². The van der Waals surface area contributed by atoms with Crippen LogP contribution in [-0.4, -0.2) is 25.8 Å². The van der Waals surface area contributed by atoms with E-state index in [4.69, 9.17) is 0 Å². The third-order valence-corrected chi connectivity index (χ3v) is 2.32. The molecule has 56 valence electrons. The van der Waals surface area contributed by atoms with Crippen molar-refractivity contribution in [2.45, 2.75) is 20.8 Å². The minimum Gasteiger partial charge on any atom is -0.117 e. The lowest BCUT2D eigenvalue weighted by Gasteiger charge is -2.18. The van der Waals surface area contributed by atoms with Gasteiger partial charge in [-0.15, -0.1) is 6.89 Å². The maximum atomic E-state index is 2.49. The summed E-state index contributed by atoms with van der Waals surface area (Å²) in [5, 5.41) is 0. The molecule has 0 amide bonds. The van der Waals surface area contributed by atoms with Gasteiger partial charge in [-0.1, -0.05) is 26.6 Å². The van der Waals surface area contributed by atoms with Gasteiger partial charge in [0.05, 0.1) is 0 Å². The van der Waals surface area contributed by atoms with E-state index in [0.717, 1.165) is 0 Å². The molecule has 0 saturated carbocycles. The first kappa shape index (κ1) is 9.30. The smallest absolute Gasteiger partial charge is 0.0199 e. The van der Waals surface area contributed by atoms with E-state index in [-0.39, 0.29) is 0 Å². The van der Waals surface area contributed by atoms with Crippen molar-refractivity contribution in [3.63, 3.8) is 0 Å². The van der Waals surface area contributed by atoms with Crippen LogP contribution in [0.25, 0.3) is 0 Å². The molecule has 0 aliphatic heterocycles. The van der Waals surface area contributed by atoms with Gasteiger partial charge >= 0.3 is 0 Å². The van der Waals surface area contributed by atoms with Crippen molar-refractivity contribution >= 4 is 12.7 Å². The molecule has 0 aromatic carbocycles. The van der Waals surface area contributed by atoms with Gasteiger partial charge < -0.3 is 0 Å². The van der Waals surface area contributed by atoms with Crippen molar-refractivity contribution in [2.24, 2.45) is 5.41 Å². The van der Waals surface area contributed by atoms with Crippen LogP contribution in [-0.2, 0) is 0 Å². The van der Waals surface area contributed by atoms with Crippen LogP contribution in [0.2, 0.25) is 0 Å². The van der Waals surface area contributed by atoms with Crippen molar-refractivity contribution in [1.82, 2.24) is 0 Å². The van der Waals surface area contributed by atoms with E-state index in [2.05, 4.69) is 46.6 Å². The first-order valence-corrected chi connectivity index (χ1v) is 6.59. The SMILES string of the molecule is CC(C)(C)C=P(C)(C)C. The van der Waals surface area contributed by atoms with E-state index in [1.807, 2.05) is 0 Å². The molecule has 0 unspecified atom stereocenters. The van der Waals surface area contributed by atoms with Gasteiger partial charge in [-0.25, -0.2) is 0 Å². The van der Waals surface area contributed by atoms with Gasteiger partial charge in [-0.05, 0) is 25.4 Å². The Morgan fingerprint density at radius 2 is 1.33 bits per heavy atom. The molecule has 0 aromatic heterocycles. The molecular formula is C8H19P. The van der Waals surface area contributed by atoms with E-state index >= 15 is 0 Å². The summed E-state index contributed by atoms with van der Waals surface area (Å²) in [4.78, 5) is 0. The summed E-state index contributed by atoms with van der Waals surface area (Å²) in [5.41, 5.74) is 0.409. The van der Waals surface area contributed by atoms with Gasteiger partial charge in [0.1, 0.15) is 0 Å². The predicted molar refractivity (Wildman–Crippen MR) is 50.2 cm³/mol. The van der Waals surface area contributed by atoms with Crippen LogP contribution >= 0.6 is 6.89 Å². The largest absolute Gasteiger partial charge is 0.117 e. The van der Waals surface area contributed by atoms with Gasteiger partial charge in [-0.2, -0.15) is 0 Å². The molecule has 0 atom stereocenters. The zero-order chi connectivity index (χ0) is 7.71. The van der Waals surface area contributed by atoms with Crippen molar-refractivity contribution in [3.05, 3.63) is 0 Å². The topological polar surface area (TPSA) is 0 Å². The Morgan fingerprint density at radius 1 is 1.00 bits per heavy atom. The Morgan fingerprint density at radius 3 is 1.33 bits per heavy atom. The zero-order valence-corrected chi connectivity index (χ0v) is 8.42. The second kappa shape index (κ2) is 2.50. The van der Waals surface area contributed by atoms with Gasteiger partial charge in [0, 0.05) is 0 Å². The van der Waals surface area contributed by atoms with Crippen LogP contribution in [0.4, 0.5) is 0 Å². The van der Waals surface area contributed by atoms with Gasteiger partial charge in [0.15, 0.2) is 0 Å². The lowest BCUT2D eigenvalue weighted by molar-refractivity contribution is 0.614. The molecule has 0 aliphatic rings. The Kier molecular flexibility index (Phi) is 2.58. The van der Waals surface area contributed by atoms with Crippen LogP contribution in [0, 0.1) is 5.41 Å². The van der Waals surface area contributed by atoms with Crippen molar-refractivity contribution in [2.75, 3.05) is 20.0 Å². The van der Waals surface area contributed by atoms with Gasteiger partial charge in [-0.3, -0.25) is 0 Å². The molecule has 0 N–H and O–H groups in total. The molecule has 0 rings (SSSR count). The first-order chi connectivity index (χ1) is 3.71. The monoisotopic (exact) mass is 146 g/mol. The molecule has 0 spiro atoms. The first-order valence-electron chi connectivity index (χ1n) is 3.39. The van der Waals surface area contributed by atoms with Crippen LogP contribution in [0.5, 0.6) is 0 Å². The highest BCUT2D eigenvalue weighted by Crippen LogP contribution is 2.35. The highest BCUT2D eigenvalue weighted by molar-refractivity contribution is 7.72. The maximum absolute atomic E-state index is 2.49. The summed E-state index contributed by atoms with van der Waals surface area (Å²) in [5.74, 6) is 2.49. The lowest BCUT2D eigenvalue weighted by atomic mass is 10.0. The molecule has 0 aromatic rings. The number of hydrogen-bond acceptors (Lipinski definition) is 0. The normalized spacial score (nSPS) is 13.6. The predicted octanol–water partition coefficient (Wildman–Crippen LogP) is 2.74. The standard InChI is InChI=1S/C8H19P/c1-8(2,3)7-9(4,5)6/h7H,1-6H3. The highest BCUT2D eigenvalue weighted by Gasteiger charge is 2.07. The molecule has 9 heavy (non-hydrogen) atoms. The average molecular weight is 146 g/mol. The Labute approximate surface area is 59.6 Å². The van der Waals surface area contributed by atoms with Gasteiger partial charge in [0.2, 0.25) is 0 Å². The van der Waals surface area contributed by atoms with E-state index in [1.165, 1.54) is 0 Å². The molecule has 1 heteroatoms. The summed E-state index contributed by atoms with van der Waals surface area (Å²) in [6.07, 6.45) is 0. The molecule has 0 aliphatic carbocycles. The summed E-state index contributed by atoms with van der Waals surface area (Å²) < 4.78 is 0. The van der Waals surface area contributed by atoms with Crippen molar-refractivity contribution in [3.8, 4) is 0 Å². The highest BCUT2D eigenvalue weighted by atomic mass is 31.2. The summed E-state index contributed by atoms with van der Waals surface area (Å²) in [7, 11) is 0. The van der Waals surface area contributed by atoms with Crippen LogP contribution in [0.3, 0.4) is 0 Å². The minimum absolute atomic E-state index is 0.409. The summed E-state index contributed by atoms with van der Waals surface area (Å²) in [6, 6.07) is 0. The van der Waals surface area contributed by atoms with Crippen molar-refractivity contribution in [1.29, 1.82) is 0 Å². The Balaban J connectivity index is 4.32. The van der Waals surface area contributed by atoms with E-state index in [1.54, 1.807) is 0 Å². The number of rotatable bonds is 0. The van der Waals surface area contributed by atoms with Crippen LogP contribution in [0.1, 0.15) is 20.8 Å². The molecule has 0 saturated heterocycles. The van der Waals surface area contributed by atoms with E-state index < -0.39 is 6.89 Å². The Bertz CT molecular complexity index is 123. The van der Waals surface area contributed by atoms with E-state index in [9.17, 15) is 0 Å². The van der Waals surface area contributed by atoms with Crippen LogP contribution < -0.4 is 0 Å². The second-order valence-corrected chi connectivity index (χ2v) is 9.10. The third-order valence-electron chi connectivity index (χ3n) is 0.775. The molecule has 0 bridgehead atoms. The van der Waals surface area contributed by atoms with Crippen molar-refractivity contribution < 1.29 is 0 Å². The average Bonchev–Trinajstić information content (AvgIpc) is 1.14. The molecule has 0 fully saturated rings. The van der Waals surface area contributed by atoms with E-state index in [0.29, 0.717) is 5.41 Å². The fourth-order valence-corrected chi connectivity index (χ4v) is 3.49. The molecule has 0 heterocycles. The summed E-state index contributed by atoms with van der Waals surface area (Å²) >= 11 is 0. The lowest BCUT2D eigenvalue weighted by Crippen LogP contribution is -2.06. The fourth-order valence-electron chi connectivity index (χ4n) is 1.16. The zero-order valence-electron chi connectivity index (χ0n) is 7.52. The quantitative estimate of drug-likeness (QED) is 0.461. The molecule has 0 nitrogen and oxygen atoms in total.